The highest BCUT2D eigenvalue weighted by Gasteiger charge is 2.40. The van der Waals surface area contributed by atoms with Crippen molar-refractivity contribution in [1.82, 2.24) is 0 Å². The van der Waals surface area contributed by atoms with Crippen LogP contribution in [-0.4, -0.2) is 21.8 Å². The van der Waals surface area contributed by atoms with Crippen molar-refractivity contribution in [1.29, 1.82) is 0 Å². The van der Waals surface area contributed by atoms with E-state index in [4.69, 9.17) is 8.85 Å². The fraction of sp³-hybridized carbons (Fsp3) is 0.818. The van der Waals surface area contributed by atoms with Crippen LogP contribution in [0.3, 0.4) is 0 Å². The quantitative estimate of drug-likeness (QED) is 0.457. The molecule has 84 valence electrons. The third kappa shape index (κ3) is 3.56. The minimum absolute atomic E-state index is 0.528. The fourth-order valence-corrected chi connectivity index (χ4v) is 4.94. The molecule has 0 aliphatic carbocycles. The summed E-state index contributed by atoms with van der Waals surface area (Å²) in [7, 11) is -2.02. The van der Waals surface area contributed by atoms with E-state index < -0.39 is 8.56 Å². The zero-order chi connectivity index (χ0) is 11.0. The summed E-state index contributed by atoms with van der Waals surface area (Å²) in [5.41, 5.74) is 0.528. The van der Waals surface area contributed by atoms with Gasteiger partial charge in [-0.25, -0.2) is 0 Å². The normalized spacial score (nSPS) is 14.0. The molecule has 0 rings (SSSR count). The molecule has 0 amide bonds. The van der Waals surface area contributed by atoms with Gasteiger partial charge in [0.2, 0.25) is 0 Å². The smallest absolute Gasteiger partial charge is 0.344 e. The molecule has 0 aliphatic rings. The Morgan fingerprint density at radius 2 is 1.71 bits per heavy atom. The maximum Gasteiger partial charge on any atom is 0.344 e. The molecule has 0 radical (unpaired) electrons. The molecule has 0 saturated heterocycles. The standard InChI is InChI=1S/C11H24O2Si/c1-6-10-14(12-8-3,13-9-4)11(5)7-2/h6,11H,1,7-10H2,2-5H3. The summed E-state index contributed by atoms with van der Waals surface area (Å²) < 4.78 is 11.8. The van der Waals surface area contributed by atoms with E-state index in [1.165, 1.54) is 0 Å². The maximum absolute atomic E-state index is 5.91. The van der Waals surface area contributed by atoms with Gasteiger partial charge in [0.25, 0.3) is 0 Å². The highest BCUT2D eigenvalue weighted by atomic mass is 28.4. The summed E-state index contributed by atoms with van der Waals surface area (Å²) >= 11 is 0. The Morgan fingerprint density at radius 1 is 1.21 bits per heavy atom. The van der Waals surface area contributed by atoms with Gasteiger partial charge in [0.05, 0.1) is 0 Å². The Hall–Kier alpha value is -0.123. The van der Waals surface area contributed by atoms with Crippen molar-refractivity contribution in [3.05, 3.63) is 12.7 Å². The molecule has 0 spiro atoms. The molecule has 0 aromatic carbocycles. The topological polar surface area (TPSA) is 18.5 Å². The Morgan fingerprint density at radius 3 is 2.00 bits per heavy atom. The summed E-state index contributed by atoms with van der Waals surface area (Å²) in [5, 5.41) is 0. The molecule has 0 aromatic heterocycles. The molecule has 0 fully saturated rings. The second kappa shape index (κ2) is 7.21. The molecular weight excluding hydrogens is 192 g/mol. The van der Waals surface area contributed by atoms with E-state index in [0.717, 1.165) is 25.7 Å². The van der Waals surface area contributed by atoms with E-state index in [1.54, 1.807) is 0 Å². The summed E-state index contributed by atoms with van der Waals surface area (Å²) in [4.78, 5) is 0. The van der Waals surface area contributed by atoms with Gasteiger partial charge in [-0.3, -0.25) is 0 Å². The molecule has 3 heteroatoms. The lowest BCUT2D eigenvalue weighted by atomic mass is 10.4. The molecule has 1 atom stereocenters. The van der Waals surface area contributed by atoms with Crippen LogP contribution in [-0.2, 0) is 8.85 Å². The van der Waals surface area contributed by atoms with Gasteiger partial charge in [-0.1, -0.05) is 26.3 Å². The average Bonchev–Trinajstić information content (AvgIpc) is 2.17. The Bertz CT molecular complexity index is 153. The lowest BCUT2D eigenvalue weighted by Gasteiger charge is -2.34. The van der Waals surface area contributed by atoms with Gasteiger partial charge in [0, 0.05) is 19.3 Å². The van der Waals surface area contributed by atoms with Crippen LogP contribution in [0.4, 0.5) is 0 Å². The van der Waals surface area contributed by atoms with Gasteiger partial charge < -0.3 is 8.85 Å². The maximum atomic E-state index is 5.91. The first-order valence-electron chi connectivity index (χ1n) is 5.55. The number of allylic oxidation sites excluding steroid dienone is 1. The van der Waals surface area contributed by atoms with E-state index in [1.807, 2.05) is 19.9 Å². The fourth-order valence-electron chi connectivity index (χ4n) is 1.65. The molecule has 0 N–H and O–H groups in total. The second-order valence-electron chi connectivity index (χ2n) is 3.48. The summed E-state index contributed by atoms with van der Waals surface area (Å²) in [6.07, 6.45) is 3.05. The van der Waals surface area contributed by atoms with E-state index in [-0.39, 0.29) is 0 Å². The highest BCUT2D eigenvalue weighted by molar-refractivity contribution is 6.69. The zero-order valence-electron chi connectivity index (χ0n) is 10.0. The summed E-state index contributed by atoms with van der Waals surface area (Å²) in [6, 6.07) is 0.893. The van der Waals surface area contributed by atoms with E-state index in [9.17, 15) is 0 Å². The predicted octanol–water partition coefficient (Wildman–Crippen LogP) is 3.49. The molecule has 0 heterocycles. The van der Waals surface area contributed by atoms with E-state index >= 15 is 0 Å². The van der Waals surface area contributed by atoms with Crippen molar-refractivity contribution >= 4 is 8.56 Å². The van der Waals surface area contributed by atoms with Gasteiger partial charge in [0.15, 0.2) is 0 Å². The van der Waals surface area contributed by atoms with Gasteiger partial charge >= 0.3 is 8.56 Å². The molecule has 14 heavy (non-hydrogen) atoms. The Kier molecular flexibility index (Phi) is 7.14. The largest absolute Gasteiger partial charge is 0.394 e. The van der Waals surface area contributed by atoms with Crippen molar-refractivity contribution in [2.75, 3.05) is 13.2 Å². The monoisotopic (exact) mass is 216 g/mol. The Labute approximate surface area is 89.6 Å². The molecule has 0 bridgehead atoms. The zero-order valence-corrected chi connectivity index (χ0v) is 11.0. The van der Waals surface area contributed by atoms with Crippen LogP contribution in [0.2, 0.25) is 11.6 Å². The van der Waals surface area contributed by atoms with Crippen molar-refractivity contribution < 1.29 is 8.85 Å². The first-order valence-corrected chi connectivity index (χ1v) is 7.65. The van der Waals surface area contributed by atoms with Crippen LogP contribution in [0.1, 0.15) is 34.1 Å². The van der Waals surface area contributed by atoms with Crippen LogP contribution >= 0.6 is 0 Å². The molecule has 1 unspecified atom stereocenters. The number of hydrogen-bond donors (Lipinski definition) is 0. The molecule has 0 aromatic rings. The predicted molar refractivity (Wildman–Crippen MR) is 63.7 cm³/mol. The number of hydrogen-bond acceptors (Lipinski definition) is 2. The molecule has 0 aliphatic heterocycles. The van der Waals surface area contributed by atoms with Crippen molar-refractivity contribution in [3.63, 3.8) is 0 Å². The van der Waals surface area contributed by atoms with E-state index in [0.29, 0.717) is 5.54 Å². The molecular formula is C11H24O2Si. The lowest BCUT2D eigenvalue weighted by molar-refractivity contribution is 0.175. The highest BCUT2D eigenvalue weighted by Crippen LogP contribution is 2.31. The average molecular weight is 216 g/mol. The van der Waals surface area contributed by atoms with Gasteiger partial charge in [-0.15, -0.1) is 6.58 Å². The third-order valence-electron chi connectivity index (χ3n) is 2.57. The molecule has 2 nitrogen and oxygen atoms in total. The lowest BCUT2D eigenvalue weighted by Crippen LogP contribution is -2.45. The Balaban J connectivity index is 4.61. The summed E-state index contributed by atoms with van der Waals surface area (Å²) in [6.45, 7) is 13.8. The minimum atomic E-state index is -2.02. The van der Waals surface area contributed by atoms with Crippen molar-refractivity contribution in [3.8, 4) is 0 Å². The van der Waals surface area contributed by atoms with Gasteiger partial charge in [-0.05, 0) is 19.4 Å². The van der Waals surface area contributed by atoms with E-state index in [2.05, 4.69) is 20.4 Å². The first kappa shape index (κ1) is 13.9. The first-order chi connectivity index (χ1) is 6.66. The third-order valence-corrected chi connectivity index (χ3v) is 6.89. The van der Waals surface area contributed by atoms with Crippen LogP contribution in [0, 0.1) is 0 Å². The van der Waals surface area contributed by atoms with Crippen LogP contribution < -0.4 is 0 Å². The minimum Gasteiger partial charge on any atom is -0.394 e. The van der Waals surface area contributed by atoms with Crippen molar-refractivity contribution in [2.24, 2.45) is 0 Å². The van der Waals surface area contributed by atoms with Gasteiger partial charge in [-0.2, -0.15) is 0 Å². The molecule has 0 saturated carbocycles. The summed E-state index contributed by atoms with van der Waals surface area (Å²) in [5.74, 6) is 0. The van der Waals surface area contributed by atoms with Crippen LogP contribution in [0.15, 0.2) is 12.7 Å². The van der Waals surface area contributed by atoms with Crippen LogP contribution in [0.5, 0.6) is 0 Å². The van der Waals surface area contributed by atoms with Crippen LogP contribution in [0.25, 0.3) is 0 Å². The second-order valence-corrected chi connectivity index (χ2v) is 7.07. The number of rotatable bonds is 8. The van der Waals surface area contributed by atoms with Gasteiger partial charge in [0.1, 0.15) is 0 Å². The van der Waals surface area contributed by atoms with Crippen molar-refractivity contribution in [2.45, 2.75) is 45.7 Å². The SMILES string of the molecule is C=CC[Si](OCC)(OCC)C(C)CC.